The van der Waals surface area contributed by atoms with Gasteiger partial charge in [0.15, 0.2) is 0 Å². The lowest BCUT2D eigenvalue weighted by atomic mass is 10.1. The van der Waals surface area contributed by atoms with Crippen molar-refractivity contribution in [1.29, 1.82) is 0 Å². The third kappa shape index (κ3) is 24.9. The van der Waals surface area contributed by atoms with E-state index in [4.69, 9.17) is 10.2 Å². The molecule has 94 valence electrons. The van der Waals surface area contributed by atoms with Gasteiger partial charge in [-0.15, -0.1) is 0 Å². The Bertz CT molecular complexity index is 74.6. The highest BCUT2D eigenvalue weighted by molar-refractivity contribution is 4.43. The molecule has 0 unspecified atom stereocenters. The average molecular weight is 218 g/mol. The lowest BCUT2D eigenvalue weighted by Gasteiger charge is -1.97. The van der Waals surface area contributed by atoms with Crippen LogP contribution >= 0.6 is 0 Å². The predicted molar refractivity (Wildman–Crippen MR) is 67.1 cm³/mol. The number of aliphatic hydroxyl groups is 2. The molecule has 0 saturated carbocycles. The molecule has 0 radical (unpaired) electrons. The summed E-state index contributed by atoms with van der Waals surface area (Å²) in [5.74, 6) is 0. The second kappa shape index (κ2) is 19.5. The van der Waals surface area contributed by atoms with E-state index < -0.39 is 0 Å². The van der Waals surface area contributed by atoms with Crippen LogP contribution in [0.15, 0.2) is 0 Å². The highest BCUT2D eigenvalue weighted by Crippen LogP contribution is 2.05. The highest BCUT2D eigenvalue weighted by atomic mass is 16.3. The van der Waals surface area contributed by atoms with Crippen LogP contribution in [0.25, 0.3) is 0 Å². The summed E-state index contributed by atoms with van der Waals surface area (Å²) in [7, 11) is 0. The van der Waals surface area contributed by atoms with Crippen molar-refractivity contribution in [2.45, 2.75) is 71.6 Å². The van der Waals surface area contributed by atoms with Crippen LogP contribution in [0.5, 0.6) is 0 Å². The summed E-state index contributed by atoms with van der Waals surface area (Å²) < 4.78 is 0. The zero-order valence-corrected chi connectivity index (χ0v) is 10.7. The summed E-state index contributed by atoms with van der Waals surface area (Å²) in [6, 6.07) is 0. The fraction of sp³-hybridized carbons (Fsp3) is 1.00. The van der Waals surface area contributed by atoms with Crippen LogP contribution in [0.1, 0.15) is 71.6 Å². The van der Waals surface area contributed by atoms with E-state index in [-0.39, 0.29) is 0 Å². The summed E-state index contributed by atoms with van der Waals surface area (Å²) in [6.45, 7) is 4.99. The maximum Gasteiger partial charge on any atom is 0.0431 e. The quantitative estimate of drug-likeness (QED) is 0.581. The molecular weight excluding hydrogens is 188 g/mol. The minimum atomic E-state index is 0.344. The van der Waals surface area contributed by atoms with Gasteiger partial charge in [-0.3, -0.25) is 0 Å². The average Bonchev–Trinajstić information content (AvgIpc) is 2.25. The lowest BCUT2D eigenvalue weighted by Crippen LogP contribution is -1.83. The van der Waals surface area contributed by atoms with Gasteiger partial charge < -0.3 is 10.2 Å². The molecule has 0 heterocycles. The van der Waals surface area contributed by atoms with Crippen LogP contribution in [-0.2, 0) is 0 Å². The number of aliphatic hydroxyl groups excluding tert-OH is 2. The van der Waals surface area contributed by atoms with Gasteiger partial charge in [0.25, 0.3) is 0 Å². The van der Waals surface area contributed by atoms with Gasteiger partial charge in [-0.1, -0.05) is 58.8 Å². The molecule has 0 aliphatic carbocycles. The van der Waals surface area contributed by atoms with Gasteiger partial charge in [-0.25, -0.2) is 0 Å². The third-order valence-electron chi connectivity index (χ3n) is 2.27. The Morgan fingerprint density at radius 3 is 1.27 bits per heavy atom. The van der Waals surface area contributed by atoms with Crippen molar-refractivity contribution in [1.82, 2.24) is 0 Å². The van der Waals surface area contributed by atoms with Crippen molar-refractivity contribution in [3.8, 4) is 0 Å². The van der Waals surface area contributed by atoms with Crippen LogP contribution in [0.3, 0.4) is 0 Å². The van der Waals surface area contributed by atoms with E-state index in [1.54, 1.807) is 0 Å². The van der Waals surface area contributed by atoms with Gasteiger partial charge in [-0.05, 0) is 12.8 Å². The summed E-state index contributed by atoms with van der Waals surface area (Å²) in [5, 5.41) is 16.5. The molecular formula is C13H30O2. The summed E-state index contributed by atoms with van der Waals surface area (Å²) >= 11 is 0. The predicted octanol–water partition coefficient (Wildman–Crippen LogP) is 3.51. The molecule has 0 aromatic carbocycles. The van der Waals surface area contributed by atoms with Crippen LogP contribution in [0.4, 0.5) is 0 Å². The number of unbranched alkanes of at least 4 members (excludes halogenated alkanes) is 7. The largest absolute Gasteiger partial charge is 0.396 e. The molecule has 0 atom stereocenters. The third-order valence-corrected chi connectivity index (χ3v) is 2.27. The Labute approximate surface area is 95.7 Å². The van der Waals surface area contributed by atoms with Crippen LogP contribution < -0.4 is 0 Å². The molecule has 2 heteroatoms. The summed E-state index contributed by atoms with van der Waals surface area (Å²) in [5.41, 5.74) is 0. The van der Waals surface area contributed by atoms with Crippen molar-refractivity contribution in [2.24, 2.45) is 0 Å². The van der Waals surface area contributed by atoms with Crippen molar-refractivity contribution in [3.05, 3.63) is 0 Å². The van der Waals surface area contributed by atoms with Crippen LogP contribution in [-0.4, -0.2) is 23.4 Å². The van der Waals surface area contributed by atoms with Gasteiger partial charge in [0, 0.05) is 13.2 Å². The van der Waals surface area contributed by atoms with Gasteiger partial charge in [0.2, 0.25) is 0 Å². The van der Waals surface area contributed by atoms with E-state index in [9.17, 15) is 0 Å². The van der Waals surface area contributed by atoms with Crippen molar-refractivity contribution < 1.29 is 10.2 Å². The van der Waals surface area contributed by atoms with Crippen molar-refractivity contribution in [2.75, 3.05) is 13.2 Å². The monoisotopic (exact) mass is 218 g/mol. The molecule has 0 aromatic rings. The van der Waals surface area contributed by atoms with E-state index in [1.807, 2.05) is 0 Å². The maximum atomic E-state index is 8.47. The highest BCUT2D eigenvalue weighted by Gasteiger charge is 1.88. The van der Waals surface area contributed by atoms with Gasteiger partial charge >= 0.3 is 0 Å². The fourth-order valence-corrected chi connectivity index (χ4v) is 1.23. The standard InChI is InChI=1S/C9H20O.C4H10O/c1-2-3-4-5-6-7-8-9-10;1-2-3-4-5/h10H,2-9H2,1H3;5H,2-4H2,1H3. The zero-order valence-electron chi connectivity index (χ0n) is 10.7. The van der Waals surface area contributed by atoms with Gasteiger partial charge in [-0.2, -0.15) is 0 Å². The molecule has 0 fully saturated rings. The normalized spacial score (nSPS) is 9.60. The number of hydrogen-bond donors (Lipinski definition) is 2. The molecule has 0 aliphatic rings. The summed E-state index contributed by atoms with van der Waals surface area (Å²) in [6.07, 6.45) is 11.0. The molecule has 0 rings (SSSR count). The van der Waals surface area contributed by atoms with E-state index in [0.717, 1.165) is 19.3 Å². The first-order valence-electron chi connectivity index (χ1n) is 6.55. The van der Waals surface area contributed by atoms with Crippen LogP contribution in [0.2, 0.25) is 0 Å². The molecule has 2 N–H and O–H groups in total. The molecule has 0 amide bonds. The second-order valence-corrected chi connectivity index (χ2v) is 3.92. The Hall–Kier alpha value is -0.0800. The minimum Gasteiger partial charge on any atom is -0.396 e. The first kappa shape index (κ1) is 17.3. The molecule has 0 spiro atoms. The van der Waals surface area contributed by atoms with E-state index in [0.29, 0.717) is 13.2 Å². The zero-order chi connectivity index (χ0) is 11.8. The van der Waals surface area contributed by atoms with Crippen molar-refractivity contribution in [3.63, 3.8) is 0 Å². The Kier molecular flexibility index (Phi) is 22.5. The van der Waals surface area contributed by atoms with E-state index in [2.05, 4.69) is 13.8 Å². The Morgan fingerprint density at radius 2 is 0.933 bits per heavy atom. The number of hydrogen-bond acceptors (Lipinski definition) is 2. The van der Waals surface area contributed by atoms with Crippen LogP contribution in [0, 0.1) is 0 Å². The van der Waals surface area contributed by atoms with Gasteiger partial charge in [0.1, 0.15) is 0 Å². The minimum absolute atomic E-state index is 0.344. The molecule has 2 nitrogen and oxygen atoms in total. The Morgan fingerprint density at radius 1 is 0.533 bits per heavy atom. The number of rotatable bonds is 9. The molecule has 0 bridgehead atoms. The SMILES string of the molecule is CCCCCCCCCO.CCCCO. The second-order valence-electron chi connectivity index (χ2n) is 3.92. The molecule has 15 heavy (non-hydrogen) atoms. The molecule has 0 saturated heterocycles. The van der Waals surface area contributed by atoms with Gasteiger partial charge in [0.05, 0.1) is 0 Å². The lowest BCUT2D eigenvalue weighted by molar-refractivity contribution is 0.282. The summed E-state index contributed by atoms with van der Waals surface area (Å²) in [4.78, 5) is 0. The smallest absolute Gasteiger partial charge is 0.0431 e. The topological polar surface area (TPSA) is 40.5 Å². The maximum absolute atomic E-state index is 8.47. The first-order chi connectivity index (χ1) is 7.33. The van der Waals surface area contributed by atoms with E-state index >= 15 is 0 Å². The van der Waals surface area contributed by atoms with E-state index in [1.165, 1.54) is 38.5 Å². The first-order valence-corrected chi connectivity index (χ1v) is 6.55. The molecule has 0 aliphatic heterocycles. The van der Waals surface area contributed by atoms with Crippen molar-refractivity contribution >= 4 is 0 Å². The fourth-order valence-electron chi connectivity index (χ4n) is 1.23. The Balaban J connectivity index is 0. The molecule has 0 aromatic heterocycles.